The van der Waals surface area contributed by atoms with Gasteiger partial charge in [0, 0.05) is 23.5 Å². The summed E-state index contributed by atoms with van der Waals surface area (Å²) in [7, 11) is 0. The Morgan fingerprint density at radius 1 is 1.13 bits per heavy atom. The van der Waals surface area contributed by atoms with Crippen LogP contribution < -0.4 is 9.64 Å². The van der Waals surface area contributed by atoms with Crippen LogP contribution in [0.15, 0.2) is 43.0 Å². The van der Waals surface area contributed by atoms with Crippen molar-refractivity contribution >= 4 is 11.6 Å². The molecule has 0 fully saturated rings. The molecule has 1 aliphatic heterocycles. The van der Waals surface area contributed by atoms with E-state index < -0.39 is 12.7 Å². The minimum absolute atomic E-state index is 0.251. The van der Waals surface area contributed by atoms with E-state index in [9.17, 15) is 18.0 Å². The summed E-state index contributed by atoms with van der Waals surface area (Å²) in [5.41, 5.74) is 4.24. The Morgan fingerprint density at radius 2 is 1.90 bits per heavy atom. The van der Waals surface area contributed by atoms with Crippen molar-refractivity contribution in [1.82, 2.24) is 14.8 Å². The van der Waals surface area contributed by atoms with Gasteiger partial charge in [-0.15, -0.1) is 0 Å². The molecule has 3 aromatic rings. The molecule has 4 rings (SSSR count). The molecule has 1 aliphatic rings. The Bertz CT molecular complexity index is 1140. The van der Waals surface area contributed by atoms with Gasteiger partial charge in [0.05, 0.1) is 30.7 Å². The molecule has 1 amide bonds. The van der Waals surface area contributed by atoms with Gasteiger partial charge in [-0.1, -0.05) is 6.07 Å². The number of pyridine rings is 1. The maximum Gasteiger partial charge on any atom is 0.408 e. The first-order chi connectivity index (χ1) is 14.7. The van der Waals surface area contributed by atoms with Gasteiger partial charge in [0.1, 0.15) is 12.3 Å². The minimum Gasteiger partial charge on any atom is -0.492 e. The zero-order chi connectivity index (χ0) is 22.3. The van der Waals surface area contributed by atoms with Crippen molar-refractivity contribution in [1.29, 1.82) is 0 Å². The topological polar surface area (TPSA) is 60.2 Å². The number of aromatic nitrogens is 3. The summed E-state index contributed by atoms with van der Waals surface area (Å²) in [4.78, 5) is 18.9. The highest BCUT2D eigenvalue weighted by Gasteiger charge is 2.37. The molecule has 0 saturated carbocycles. The van der Waals surface area contributed by atoms with Crippen LogP contribution >= 0.6 is 0 Å². The molecule has 0 spiro atoms. The lowest BCUT2D eigenvalue weighted by Gasteiger charge is -2.20. The van der Waals surface area contributed by atoms with Gasteiger partial charge in [0.25, 0.3) is 5.91 Å². The van der Waals surface area contributed by atoms with Gasteiger partial charge in [-0.05, 0) is 49.6 Å². The van der Waals surface area contributed by atoms with E-state index in [-0.39, 0.29) is 11.9 Å². The van der Waals surface area contributed by atoms with E-state index in [0.717, 1.165) is 26.9 Å². The molecule has 6 nitrogen and oxygen atoms in total. The van der Waals surface area contributed by atoms with Gasteiger partial charge in [-0.2, -0.15) is 18.3 Å². The summed E-state index contributed by atoms with van der Waals surface area (Å²) in [6.45, 7) is 4.91. The normalized spacial score (nSPS) is 16.0. The number of fused-ring (bicyclic) bond motifs is 1. The molecule has 3 heterocycles. The number of anilines is 1. The summed E-state index contributed by atoms with van der Waals surface area (Å²) in [6, 6.07) is 5.37. The zero-order valence-electron chi connectivity index (χ0n) is 17.3. The number of rotatable bonds is 5. The number of alkyl halides is 3. The number of nitrogens with zero attached hydrogens (tertiary/aromatic N) is 4. The molecule has 0 N–H and O–H groups in total. The second kappa shape index (κ2) is 7.72. The number of hydrogen-bond donors (Lipinski definition) is 0. The lowest BCUT2D eigenvalue weighted by Crippen LogP contribution is -2.26. The molecule has 1 atom stereocenters. The van der Waals surface area contributed by atoms with Gasteiger partial charge >= 0.3 is 6.18 Å². The van der Waals surface area contributed by atoms with Crippen molar-refractivity contribution in [2.75, 3.05) is 11.5 Å². The van der Waals surface area contributed by atoms with Gasteiger partial charge in [-0.25, -0.2) is 0 Å². The fourth-order valence-electron chi connectivity index (χ4n) is 3.95. The molecule has 0 aliphatic carbocycles. The lowest BCUT2D eigenvalue weighted by molar-refractivity contribution is -0.142. The summed E-state index contributed by atoms with van der Waals surface area (Å²) in [5.74, 6) is 0.403. The number of carbonyl (C=O) groups excluding carboxylic acids is 1. The first kappa shape index (κ1) is 20.9. The van der Waals surface area contributed by atoms with E-state index in [1.807, 2.05) is 39.0 Å². The van der Waals surface area contributed by atoms with Crippen LogP contribution in [0.4, 0.5) is 18.9 Å². The number of amides is 1. The highest BCUT2D eigenvalue weighted by atomic mass is 19.4. The quantitative estimate of drug-likeness (QED) is 0.576. The van der Waals surface area contributed by atoms with Gasteiger partial charge in [-0.3, -0.25) is 19.4 Å². The molecule has 162 valence electrons. The van der Waals surface area contributed by atoms with E-state index in [1.54, 1.807) is 12.4 Å². The van der Waals surface area contributed by atoms with Crippen LogP contribution in [0.25, 0.3) is 11.1 Å². The molecule has 1 unspecified atom stereocenters. The first-order valence-corrected chi connectivity index (χ1v) is 9.83. The highest BCUT2D eigenvalue weighted by molar-refractivity contribution is 6.12. The van der Waals surface area contributed by atoms with Crippen molar-refractivity contribution in [2.45, 2.75) is 39.5 Å². The molecule has 31 heavy (non-hydrogen) atoms. The predicted molar refractivity (Wildman–Crippen MR) is 109 cm³/mol. The SMILES string of the molecule is CCOc1cncc(-c2cc(C)c3c(c2)C(C)N(c2cnn(CC(F)(F)F)c2)C3=O)c1. The summed E-state index contributed by atoms with van der Waals surface area (Å²) in [6.07, 6.45) is 1.52. The van der Waals surface area contributed by atoms with Crippen molar-refractivity contribution in [2.24, 2.45) is 0 Å². The lowest BCUT2D eigenvalue weighted by atomic mass is 9.95. The van der Waals surface area contributed by atoms with E-state index in [4.69, 9.17) is 4.74 Å². The standard InChI is InChI=1S/C22H21F3N4O2/c1-4-31-18-6-16(8-26-10-18)15-5-13(2)20-19(7-15)14(3)29(21(20)30)17-9-27-28(11-17)12-22(23,24)25/h5-11,14H,4,12H2,1-3H3. The fourth-order valence-corrected chi connectivity index (χ4v) is 3.95. The second-order valence-corrected chi connectivity index (χ2v) is 7.46. The monoisotopic (exact) mass is 430 g/mol. The molecule has 9 heteroatoms. The van der Waals surface area contributed by atoms with Crippen LogP contribution in [-0.2, 0) is 6.54 Å². The van der Waals surface area contributed by atoms with Crippen LogP contribution in [0.1, 0.15) is 41.4 Å². The zero-order valence-corrected chi connectivity index (χ0v) is 17.3. The van der Waals surface area contributed by atoms with Crippen molar-refractivity contribution in [3.05, 3.63) is 59.7 Å². The molecule has 0 radical (unpaired) electrons. The Balaban J connectivity index is 1.69. The largest absolute Gasteiger partial charge is 0.492 e. The van der Waals surface area contributed by atoms with Crippen molar-refractivity contribution in [3.8, 4) is 16.9 Å². The third-order valence-corrected chi connectivity index (χ3v) is 5.23. The maximum atomic E-state index is 13.1. The van der Waals surface area contributed by atoms with Crippen LogP contribution in [0, 0.1) is 6.92 Å². The third kappa shape index (κ3) is 3.99. The number of carbonyl (C=O) groups is 1. The number of ether oxygens (including phenoxy) is 1. The molecule has 1 aromatic carbocycles. The summed E-state index contributed by atoms with van der Waals surface area (Å²) >= 11 is 0. The average molecular weight is 430 g/mol. The summed E-state index contributed by atoms with van der Waals surface area (Å²) < 4.78 is 44.3. The third-order valence-electron chi connectivity index (χ3n) is 5.23. The van der Waals surface area contributed by atoms with Crippen LogP contribution in [0.5, 0.6) is 5.75 Å². The first-order valence-electron chi connectivity index (χ1n) is 9.83. The van der Waals surface area contributed by atoms with E-state index in [2.05, 4.69) is 10.1 Å². The van der Waals surface area contributed by atoms with Crippen LogP contribution in [-0.4, -0.2) is 33.5 Å². The Morgan fingerprint density at radius 3 is 2.61 bits per heavy atom. The minimum atomic E-state index is -4.39. The van der Waals surface area contributed by atoms with Gasteiger partial charge in [0.15, 0.2) is 0 Å². The van der Waals surface area contributed by atoms with Gasteiger partial charge < -0.3 is 4.74 Å². The van der Waals surface area contributed by atoms with Crippen LogP contribution in [0.3, 0.4) is 0 Å². The molecule has 0 bridgehead atoms. The van der Waals surface area contributed by atoms with Crippen molar-refractivity contribution < 1.29 is 22.7 Å². The Labute approximate surface area is 177 Å². The van der Waals surface area contributed by atoms with Crippen LogP contribution in [0.2, 0.25) is 0 Å². The molecule has 0 saturated heterocycles. The Kier molecular flexibility index (Phi) is 5.20. The van der Waals surface area contributed by atoms with E-state index in [1.165, 1.54) is 17.3 Å². The summed E-state index contributed by atoms with van der Waals surface area (Å²) in [5, 5.41) is 3.77. The molecular weight excluding hydrogens is 409 g/mol. The fraction of sp³-hybridized carbons (Fsp3) is 0.318. The number of halogens is 3. The van der Waals surface area contributed by atoms with E-state index >= 15 is 0 Å². The van der Waals surface area contributed by atoms with E-state index in [0.29, 0.717) is 23.6 Å². The Hall–Kier alpha value is -3.36. The van der Waals surface area contributed by atoms with Crippen molar-refractivity contribution in [3.63, 3.8) is 0 Å². The number of aryl methyl sites for hydroxylation is 1. The smallest absolute Gasteiger partial charge is 0.408 e. The number of benzene rings is 1. The predicted octanol–water partition coefficient (Wildman–Crippen LogP) is 4.94. The second-order valence-electron chi connectivity index (χ2n) is 7.46. The molecule has 2 aromatic heterocycles. The molecular formula is C22H21F3N4O2. The average Bonchev–Trinajstić information content (AvgIpc) is 3.23. The highest BCUT2D eigenvalue weighted by Crippen LogP contribution is 2.41. The number of hydrogen-bond acceptors (Lipinski definition) is 4. The maximum absolute atomic E-state index is 13.1. The van der Waals surface area contributed by atoms with Gasteiger partial charge in [0.2, 0.25) is 0 Å².